The molecule has 3 rings (SSSR count). The van der Waals surface area contributed by atoms with E-state index in [9.17, 15) is 70.7 Å². The van der Waals surface area contributed by atoms with Crippen molar-refractivity contribution in [3.63, 3.8) is 0 Å². The third-order valence-corrected chi connectivity index (χ3v) is 13.1. The fourth-order valence-corrected chi connectivity index (χ4v) is 9.77. The summed E-state index contributed by atoms with van der Waals surface area (Å²) in [6.07, 6.45) is -8.21. The largest absolute Gasteiger partial charge is 0.494 e. The second kappa shape index (κ2) is 21.4. The van der Waals surface area contributed by atoms with Crippen molar-refractivity contribution in [2.75, 3.05) is 39.6 Å². The first-order valence-corrected chi connectivity index (χ1v) is 22.3. The van der Waals surface area contributed by atoms with Crippen LogP contribution in [0.4, 0.5) is 101 Å². The Morgan fingerprint density at radius 1 is 0.378 bits per heavy atom. The fourth-order valence-electron chi connectivity index (χ4n) is 6.35. The zero-order chi connectivity index (χ0) is 57.3. The summed E-state index contributed by atoms with van der Waals surface area (Å²) >= 11 is 0. The van der Waals surface area contributed by atoms with Gasteiger partial charge < -0.3 is 32.6 Å². The van der Waals surface area contributed by atoms with Crippen LogP contribution in [0.2, 0.25) is 0 Å². The Morgan fingerprint density at radius 3 is 0.892 bits per heavy atom. The van der Waals surface area contributed by atoms with Gasteiger partial charge in [-0.2, -0.15) is 101 Å². The number of halogens is 23. The fraction of sp³-hybridized carbons (Fsp3) is 0.548. The lowest BCUT2D eigenvalue weighted by Gasteiger charge is -2.45. The molecule has 0 N–H and O–H groups in total. The molecular weight excluding hydrogens is 1100 g/mol. The number of alkyl halides is 23. The first kappa shape index (κ1) is 63.0. The predicted molar refractivity (Wildman–Crippen MR) is 210 cm³/mol. The number of hydrogen-bond acceptors (Lipinski definition) is 8. The molecule has 0 saturated carbocycles. The van der Waals surface area contributed by atoms with E-state index >= 15 is 35.1 Å². The SMILES string of the molecule is CCOc1cc(OCC)c(S(OC(=O)C(F)(F)C(F)(F)C(F)(F)C(F)(F)C(F)(F)C(F)(F)C(F)(F)C(F)(F)C(F)(F)C(F)(F)C(F)(F)F)(c2ccccc2)c2c(OCC)cc(OCC)cc2OCC)c(OCC)c1. The first-order chi connectivity index (χ1) is 33.6. The Bertz CT molecular complexity index is 2290. The first-order valence-electron chi connectivity index (χ1n) is 20.7. The van der Waals surface area contributed by atoms with Crippen molar-refractivity contribution in [3.8, 4) is 34.5 Å². The summed E-state index contributed by atoms with van der Waals surface area (Å²) in [6, 6.07) is 8.55. The summed E-state index contributed by atoms with van der Waals surface area (Å²) in [5, 5.41) is 0. The van der Waals surface area contributed by atoms with Gasteiger partial charge in [0.15, 0.2) is 0 Å². The molecule has 0 spiro atoms. The number of ether oxygens (including phenoxy) is 6. The van der Waals surface area contributed by atoms with E-state index in [1.165, 1.54) is 41.5 Å². The van der Waals surface area contributed by atoms with Crippen LogP contribution in [-0.2, 0) is 8.98 Å². The number of carbonyl (C=O) groups excluding carboxylic acids is 1. The van der Waals surface area contributed by atoms with Gasteiger partial charge in [-0.15, -0.1) is 0 Å². The summed E-state index contributed by atoms with van der Waals surface area (Å²) < 4.78 is 373. The molecule has 0 amide bonds. The van der Waals surface area contributed by atoms with Crippen molar-refractivity contribution < 1.29 is 138 Å². The van der Waals surface area contributed by atoms with Crippen molar-refractivity contribution in [2.24, 2.45) is 0 Å². The molecule has 3 aromatic carbocycles. The molecule has 74 heavy (non-hydrogen) atoms. The lowest BCUT2D eigenvalue weighted by atomic mass is 9.85. The maximum atomic E-state index is 16.4. The molecule has 0 aromatic heterocycles. The molecule has 0 saturated heterocycles. The smallest absolute Gasteiger partial charge is 0.460 e. The molecule has 8 nitrogen and oxygen atoms in total. The lowest BCUT2D eigenvalue weighted by molar-refractivity contribution is -0.477. The van der Waals surface area contributed by atoms with E-state index in [1.807, 2.05) is 0 Å². The summed E-state index contributed by atoms with van der Waals surface area (Å²) in [7, 11) is -5.22. The van der Waals surface area contributed by atoms with Gasteiger partial charge in [-0.05, 0) is 53.7 Å². The van der Waals surface area contributed by atoms with Crippen LogP contribution in [0.25, 0.3) is 0 Å². The minimum absolute atomic E-state index is 0.171. The molecule has 32 heteroatoms. The predicted octanol–water partition coefficient (Wildman–Crippen LogP) is 14.7. The average Bonchev–Trinajstić information content (AvgIpc) is 3.28. The molecule has 0 unspecified atom stereocenters. The van der Waals surface area contributed by atoms with Gasteiger partial charge in [0.2, 0.25) is 0 Å². The number of rotatable bonds is 26. The molecule has 0 atom stereocenters. The van der Waals surface area contributed by atoms with Crippen LogP contribution in [-0.4, -0.2) is 111 Å². The third-order valence-electron chi connectivity index (χ3n) is 9.82. The second-order valence-electron chi connectivity index (χ2n) is 14.6. The molecule has 3 aromatic rings. The number of hydrogen-bond donors (Lipinski definition) is 0. The Kier molecular flexibility index (Phi) is 18.2. The second-order valence-corrected chi connectivity index (χ2v) is 17.1. The maximum absolute atomic E-state index is 16.4. The van der Waals surface area contributed by atoms with Crippen LogP contribution in [0.1, 0.15) is 41.5 Å². The van der Waals surface area contributed by atoms with Gasteiger partial charge in [-0.1, -0.05) is 18.2 Å². The zero-order valence-corrected chi connectivity index (χ0v) is 39.1. The molecule has 0 bridgehead atoms. The van der Waals surface area contributed by atoms with Crippen LogP contribution in [0.3, 0.4) is 0 Å². The minimum atomic E-state index is -9.65. The van der Waals surface area contributed by atoms with E-state index < -0.39 is 146 Å². The summed E-state index contributed by atoms with van der Waals surface area (Å²) in [4.78, 5) is 11.5. The van der Waals surface area contributed by atoms with Gasteiger partial charge in [-0.25, -0.2) is 4.79 Å². The molecule has 0 heterocycles. The van der Waals surface area contributed by atoms with E-state index in [4.69, 9.17) is 32.6 Å². The van der Waals surface area contributed by atoms with E-state index in [2.05, 4.69) is 0 Å². The zero-order valence-electron chi connectivity index (χ0n) is 38.3. The Morgan fingerprint density at radius 2 is 0.635 bits per heavy atom. The maximum Gasteiger partial charge on any atom is 0.460 e. The standard InChI is InChI=1S/C42H39F23O8S/c1-7-67-22-18-25(69-9-3)29(26(19-22)70-10-4)74(24-16-14-13-15-17-24,30-27(71-11-5)20-23(68-8-2)21-28(30)72-12-6)73-31(66)32(43,44)33(45,46)34(47,48)35(49,50)36(51,52)37(53,54)38(55,56)39(57,58)40(59,60)41(61,62)42(63,64)65/h13-21H,7-12H2,1-6H3. The molecule has 0 radical (unpaired) electrons. The van der Waals surface area contributed by atoms with Crippen molar-refractivity contribution in [1.29, 1.82) is 0 Å². The van der Waals surface area contributed by atoms with Crippen LogP contribution in [0.5, 0.6) is 34.5 Å². The number of benzene rings is 3. The van der Waals surface area contributed by atoms with Crippen molar-refractivity contribution in [3.05, 3.63) is 54.6 Å². The van der Waals surface area contributed by atoms with Gasteiger partial charge in [0, 0.05) is 39.5 Å². The molecule has 0 aliphatic carbocycles. The highest BCUT2D eigenvalue weighted by Gasteiger charge is 2.99. The molecule has 0 fully saturated rings. The molecular formula is C42H39F23O8S. The van der Waals surface area contributed by atoms with Gasteiger partial charge >= 0.3 is 71.4 Å². The van der Waals surface area contributed by atoms with Crippen LogP contribution in [0.15, 0.2) is 69.3 Å². The van der Waals surface area contributed by atoms with Crippen molar-refractivity contribution in [2.45, 2.75) is 122 Å². The van der Waals surface area contributed by atoms with E-state index in [1.54, 1.807) is 0 Å². The van der Waals surface area contributed by atoms with E-state index in [0.29, 0.717) is 0 Å². The van der Waals surface area contributed by atoms with Crippen molar-refractivity contribution in [1.82, 2.24) is 0 Å². The Hall–Kier alpha value is -5.33. The van der Waals surface area contributed by atoms with Gasteiger partial charge in [0.05, 0.1) is 39.6 Å². The normalized spacial score (nSPS) is 14.3. The van der Waals surface area contributed by atoms with Gasteiger partial charge in [-0.3, -0.25) is 0 Å². The van der Waals surface area contributed by atoms with Crippen molar-refractivity contribution >= 4 is 16.3 Å². The van der Waals surface area contributed by atoms with Crippen LogP contribution < -0.4 is 28.4 Å². The van der Waals surface area contributed by atoms with E-state index in [0.717, 1.165) is 54.6 Å². The van der Waals surface area contributed by atoms with E-state index in [-0.39, 0.29) is 24.7 Å². The Labute approximate surface area is 404 Å². The highest BCUT2D eigenvalue weighted by Crippen LogP contribution is 2.78. The topological polar surface area (TPSA) is 81.7 Å². The van der Waals surface area contributed by atoms with Crippen LogP contribution >= 0.6 is 10.3 Å². The lowest BCUT2D eigenvalue weighted by Crippen LogP contribution is -2.78. The highest BCUT2D eigenvalue weighted by atomic mass is 32.3. The monoisotopic (exact) mass is 1140 g/mol. The van der Waals surface area contributed by atoms with Gasteiger partial charge in [0.25, 0.3) is 0 Å². The minimum Gasteiger partial charge on any atom is -0.494 e. The Balaban J connectivity index is 2.60. The quantitative estimate of drug-likeness (QED) is 0.0736. The molecule has 0 aliphatic rings. The number of carbonyl (C=O) groups is 1. The van der Waals surface area contributed by atoms with Crippen LogP contribution in [0, 0.1) is 0 Å². The highest BCUT2D eigenvalue weighted by molar-refractivity contribution is 8.30. The molecule has 422 valence electrons. The summed E-state index contributed by atoms with van der Waals surface area (Å²) in [5.74, 6) is -99.3. The van der Waals surface area contributed by atoms with Gasteiger partial charge in [0.1, 0.15) is 44.3 Å². The summed E-state index contributed by atoms with van der Waals surface area (Å²) in [6.45, 7) is 5.57. The molecule has 0 aliphatic heterocycles. The third kappa shape index (κ3) is 9.76. The average molecular weight is 1140 g/mol. The summed E-state index contributed by atoms with van der Waals surface area (Å²) in [5.41, 5.74) is 0.